The number of halogens is 2. The molecule has 1 aliphatic heterocycles. The minimum atomic E-state index is -0.152. The molecule has 3 rings (SSSR count). The molecule has 0 aromatic heterocycles. The van der Waals surface area contributed by atoms with Gasteiger partial charge in [-0.2, -0.15) is 0 Å². The standard InChI is InChI=1S/C23H27I2P/c1-13-7-16(4)22(18(24)9-13)20-11-15(3)12-21(26(20)6)23-17(5)8-14(2)10-19(23)25/h7-10,20-21H,3,11-12H2,1-2,4-6H3. The average Bonchev–Trinajstić information content (AvgIpc) is 2.49. The lowest BCUT2D eigenvalue weighted by Crippen LogP contribution is -2.16. The molecule has 2 unspecified atom stereocenters. The largest absolute Gasteiger partial charge is 0.0998 e. The summed E-state index contributed by atoms with van der Waals surface area (Å²) < 4.78 is 2.87. The van der Waals surface area contributed by atoms with E-state index in [1.807, 2.05) is 0 Å². The third kappa shape index (κ3) is 4.07. The lowest BCUT2D eigenvalue weighted by atomic mass is 9.93. The molecule has 0 aliphatic carbocycles. The fraction of sp³-hybridized carbons (Fsp3) is 0.391. The number of hydrogen-bond acceptors (Lipinski definition) is 0. The molecule has 2 aromatic rings. The molecule has 2 aromatic carbocycles. The van der Waals surface area contributed by atoms with Gasteiger partial charge in [0.25, 0.3) is 0 Å². The lowest BCUT2D eigenvalue weighted by Gasteiger charge is -2.40. The van der Waals surface area contributed by atoms with E-state index < -0.39 is 0 Å². The highest BCUT2D eigenvalue weighted by Crippen LogP contribution is 2.67. The van der Waals surface area contributed by atoms with E-state index in [-0.39, 0.29) is 7.92 Å². The van der Waals surface area contributed by atoms with Gasteiger partial charge in [0, 0.05) is 18.5 Å². The molecule has 2 atom stereocenters. The van der Waals surface area contributed by atoms with Crippen molar-refractivity contribution in [1.29, 1.82) is 0 Å². The zero-order chi connectivity index (χ0) is 19.2. The minimum absolute atomic E-state index is 0.152. The quantitative estimate of drug-likeness (QED) is 0.188. The predicted octanol–water partition coefficient (Wildman–Crippen LogP) is 8.37. The summed E-state index contributed by atoms with van der Waals surface area (Å²) in [7, 11) is -0.152. The minimum Gasteiger partial charge on any atom is -0.0998 e. The number of allylic oxidation sites excluding steroid dienone is 1. The van der Waals surface area contributed by atoms with Crippen molar-refractivity contribution in [3.05, 3.63) is 76.9 Å². The van der Waals surface area contributed by atoms with Crippen LogP contribution in [-0.2, 0) is 0 Å². The first-order chi connectivity index (χ1) is 12.2. The Hall–Kier alpha value is 0.0700. The zero-order valence-corrected chi connectivity index (χ0v) is 21.5. The van der Waals surface area contributed by atoms with Crippen molar-refractivity contribution in [3.63, 3.8) is 0 Å². The molecule has 0 spiro atoms. The van der Waals surface area contributed by atoms with Crippen LogP contribution in [0.2, 0.25) is 0 Å². The molecule has 138 valence electrons. The van der Waals surface area contributed by atoms with Gasteiger partial charge in [0.15, 0.2) is 0 Å². The lowest BCUT2D eigenvalue weighted by molar-refractivity contribution is 0.741. The second-order valence-electron chi connectivity index (χ2n) is 7.81. The van der Waals surface area contributed by atoms with Crippen LogP contribution in [0, 0.1) is 34.8 Å². The van der Waals surface area contributed by atoms with Gasteiger partial charge in [0.1, 0.15) is 0 Å². The van der Waals surface area contributed by atoms with Crippen LogP contribution < -0.4 is 0 Å². The summed E-state index contributed by atoms with van der Waals surface area (Å²) in [5.41, 5.74) is 11.5. The Morgan fingerprint density at radius 1 is 0.808 bits per heavy atom. The highest BCUT2D eigenvalue weighted by Gasteiger charge is 2.36. The number of aryl methyl sites for hydroxylation is 4. The molecular weight excluding hydrogens is 561 g/mol. The summed E-state index contributed by atoms with van der Waals surface area (Å²) in [6.07, 6.45) is 2.31. The first-order valence-electron chi connectivity index (χ1n) is 9.11. The molecular formula is C23H27I2P. The second-order valence-corrected chi connectivity index (χ2v) is 12.7. The second kappa shape index (κ2) is 8.21. The van der Waals surface area contributed by atoms with Gasteiger partial charge in [-0.05, 0) is 138 Å². The van der Waals surface area contributed by atoms with Crippen LogP contribution in [0.4, 0.5) is 0 Å². The summed E-state index contributed by atoms with van der Waals surface area (Å²) in [4.78, 5) is 0. The van der Waals surface area contributed by atoms with Crippen LogP contribution in [0.3, 0.4) is 0 Å². The van der Waals surface area contributed by atoms with E-state index >= 15 is 0 Å². The third-order valence-corrected chi connectivity index (χ3v) is 10.2. The maximum Gasteiger partial charge on any atom is 0.0174 e. The van der Waals surface area contributed by atoms with Crippen molar-refractivity contribution in [1.82, 2.24) is 0 Å². The molecule has 0 saturated carbocycles. The maximum atomic E-state index is 4.46. The number of hydrogen-bond donors (Lipinski definition) is 0. The van der Waals surface area contributed by atoms with Gasteiger partial charge in [-0.1, -0.05) is 32.2 Å². The molecule has 0 bridgehead atoms. The van der Waals surface area contributed by atoms with E-state index in [0.29, 0.717) is 11.3 Å². The SMILES string of the molecule is C=C1CC(c2c(C)cc(C)cc2I)P(C)C(c2c(C)cc(C)cc2I)C1. The smallest absolute Gasteiger partial charge is 0.0174 e. The Morgan fingerprint density at radius 3 is 1.54 bits per heavy atom. The van der Waals surface area contributed by atoms with Gasteiger partial charge in [-0.15, -0.1) is 0 Å². The van der Waals surface area contributed by atoms with E-state index in [9.17, 15) is 0 Å². The van der Waals surface area contributed by atoms with E-state index in [0.717, 1.165) is 12.8 Å². The third-order valence-electron chi connectivity index (χ3n) is 5.58. The van der Waals surface area contributed by atoms with Crippen molar-refractivity contribution in [2.24, 2.45) is 0 Å². The Morgan fingerprint density at radius 2 is 1.19 bits per heavy atom. The van der Waals surface area contributed by atoms with E-state index in [4.69, 9.17) is 0 Å². The van der Waals surface area contributed by atoms with Crippen molar-refractivity contribution >= 4 is 53.1 Å². The first-order valence-corrected chi connectivity index (χ1v) is 13.2. The van der Waals surface area contributed by atoms with Crippen LogP contribution in [-0.4, -0.2) is 6.66 Å². The zero-order valence-electron chi connectivity index (χ0n) is 16.3. The van der Waals surface area contributed by atoms with Crippen LogP contribution in [0.1, 0.15) is 57.5 Å². The van der Waals surface area contributed by atoms with Crippen molar-refractivity contribution < 1.29 is 0 Å². The summed E-state index contributed by atoms with van der Waals surface area (Å²) in [6, 6.07) is 9.40. The highest BCUT2D eigenvalue weighted by atomic mass is 127. The monoisotopic (exact) mass is 588 g/mol. The summed E-state index contributed by atoms with van der Waals surface area (Å²) in [5, 5.41) is 0. The van der Waals surface area contributed by atoms with Gasteiger partial charge < -0.3 is 0 Å². The molecule has 0 nitrogen and oxygen atoms in total. The molecule has 1 saturated heterocycles. The molecule has 0 amide bonds. The summed E-state index contributed by atoms with van der Waals surface area (Å²) in [5.74, 6) is 0. The van der Waals surface area contributed by atoms with Crippen LogP contribution in [0.25, 0.3) is 0 Å². The van der Waals surface area contributed by atoms with Crippen LogP contribution in [0.15, 0.2) is 36.4 Å². The molecule has 0 radical (unpaired) electrons. The highest BCUT2D eigenvalue weighted by molar-refractivity contribution is 14.1. The Balaban J connectivity index is 2.08. The molecule has 0 N–H and O–H groups in total. The average molecular weight is 588 g/mol. The Bertz CT molecular complexity index is 753. The normalized spacial score (nSPS) is 23.3. The van der Waals surface area contributed by atoms with Gasteiger partial charge in [-0.25, -0.2) is 0 Å². The number of rotatable bonds is 2. The van der Waals surface area contributed by atoms with Gasteiger partial charge in [-0.3, -0.25) is 0 Å². The fourth-order valence-electron chi connectivity index (χ4n) is 4.44. The van der Waals surface area contributed by atoms with Gasteiger partial charge in [0.2, 0.25) is 0 Å². The Kier molecular flexibility index (Phi) is 6.56. The predicted molar refractivity (Wildman–Crippen MR) is 134 cm³/mol. The molecule has 26 heavy (non-hydrogen) atoms. The number of benzene rings is 2. The molecule has 1 heterocycles. The molecule has 1 fully saturated rings. The van der Waals surface area contributed by atoms with E-state index in [2.05, 4.69) is 110 Å². The van der Waals surface area contributed by atoms with Crippen LogP contribution in [0.5, 0.6) is 0 Å². The van der Waals surface area contributed by atoms with Crippen molar-refractivity contribution in [3.8, 4) is 0 Å². The topological polar surface area (TPSA) is 0 Å². The van der Waals surface area contributed by atoms with Crippen molar-refractivity contribution in [2.75, 3.05) is 6.66 Å². The van der Waals surface area contributed by atoms with Crippen LogP contribution >= 0.6 is 53.1 Å². The summed E-state index contributed by atoms with van der Waals surface area (Å²) in [6.45, 7) is 16.0. The molecule has 1 aliphatic rings. The molecule has 3 heteroatoms. The van der Waals surface area contributed by atoms with Crippen molar-refractivity contribution in [2.45, 2.75) is 51.9 Å². The first kappa shape index (κ1) is 20.8. The Labute approximate surface area is 187 Å². The van der Waals surface area contributed by atoms with Gasteiger partial charge >= 0.3 is 0 Å². The fourth-order valence-corrected chi connectivity index (χ4v) is 10.5. The van der Waals surface area contributed by atoms with Gasteiger partial charge in [0.05, 0.1) is 0 Å². The summed E-state index contributed by atoms with van der Waals surface area (Å²) >= 11 is 5.10. The van der Waals surface area contributed by atoms with E-state index in [1.54, 1.807) is 11.1 Å². The maximum absolute atomic E-state index is 4.46. The van der Waals surface area contributed by atoms with E-state index in [1.165, 1.54) is 35.0 Å².